The Morgan fingerprint density at radius 3 is 2.41 bits per heavy atom. The summed E-state index contributed by atoms with van der Waals surface area (Å²) in [7, 11) is 3.92. The highest BCUT2D eigenvalue weighted by molar-refractivity contribution is 6.31. The molecule has 0 aliphatic rings. The number of carbonyl (C=O) groups is 1. The number of aromatic nitrogens is 2. The molecular formula is C20H20ClN5O. The number of anilines is 4. The molecule has 0 atom stereocenters. The first-order valence-electron chi connectivity index (χ1n) is 8.37. The van der Waals surface area contributed by atoms with Crippen LogP contribution in [0.15, 0.2) is 54.9 Å². The van der Waals surface area contributed by atoms with Crippen LogP contribution in [0.3, 0.4) is 0 Å². The zero-order valence-corrected chi connectivity index (χ0v) is 16.1. The van der Waals surface area contributed by atoms with Gasteiger partial charge in [0.1, 0.15) is 11.5 Å². The molecular weight excluding hydrogens is 362 g/mol. The van der Waals surface area contributed by atoms with Crippen molar-refractivity contribution in [2.45, 2.75) is 6.92 Å². The Bertz CT molecular complexity index is 940. The van der Waals surface area contributed by atoms with Gasteiger partial charge in [-0.15, -0.1) is 0 Å². The number of carbonyl (C=O) groups excluding carboxylic acids is 1. The molecule has 1 heterocycles. The smallest absolute Gasteiger partial charge is 0.275 e. The molecule has 0 unspecified atom stereocenters. The van der Waals surface area contributed by atoms with Crippen molar-refractivity contribution in [2.24, 2.45) is 0 Å². The van der Waals surface area contributed by atoms with E-state index in [1.165, 1.54) is 12.4 Å². The first-order valence-corrected chi connectivity index (χ1v) is 8.75. The lowest BCUT2D eigenvalue weighted by molar-refractivity contribution is 0.102. The summed E-state index contributed by atoms with van der Waals surface area (Å²) in [6, 6.07) is 13.1. The van der Waals surface area contributed by atoms with Crippen molar-refractivity contribution in [1.29, 1.82) is 0 Å². The number of amides is 1. The Morgan fingerprint density at radius 1 is 1.04 bits per heavy atom. The molecule has 0 spiro atoms. The van der Waals surface area contributed by atoms with Gasteiger partial charge in [0.05, 0.1) is 12.4 Å². The van der Waals surface area contributed by atoms with Crippen molar-refractivity contribution in [2.75, 3.05) is 29.6 Å². The van der Waals surface area contributed by atoms with Crippen molar-refractivity contribution in [3.8, 4) is 0 Å². The van der Waals surface area contributed by atoms with Gasteiger partial charge >= 0.3 is 0 Å². The molecule has 3 rings (SSSR count). The van der Waals surface area contributed by atoms with Gasteiger partial charge in [0.15, 0.2) is 0 Å². The first kappa shape index (κ1) is 18.7. The number of hydrogen-bond acceptors (Lipinski definition) is 5. The van der Waals surface area contributed by atoms with Gasteiger partial charge in [-0.1, -0.05) is 17.7 Å². The minimum atomic E-state index is -0.314. The molecule has 0 saturated heterocycles. The van der Waals surface area contributed by atoms with Crippen LogP contribution in [-0.2, 0) is 0 Å². The second kappa shape index (κ2) is 8.05. The molecule has 2 aromatic carbocycles. The van der Waals surface area contributed by atoms with Crippen LogP contribution in [-0.4, -0.2) is 30.0 Å². The van der Waals surface area contributed by atoms with E-state index >= 15 is 0 Å². The Morgan fingerprint density at radius 2 is 1.78 bits per heavy atom. The van der Waals surface area contributed by atoms with Gasteiger partial charge in [-0.05, 0) is 48.9 Å². The van der Waals surface area contributed by atoms with E-state index in [1.54, 1.807) is 0 Å². The summed E-state index contributed by atoms with van der Waals surface area (Å²) in [6.07, 6.45) is 2.95. The van der Waals surface area contributed by atoms with Gasteiger partial charge in [-0.3, -0.25) is 4.79 Å². The van der Waals surface area contributed by atoms with Crippen LogP contribution < -0.4 is 15.5 Å². The lowest BCUT2D eigenvalue weighted by atomic mass is 10.2. The van der Waals surface area contributed by atoms with Crippen molar-refractivity contribution in [3.05, 3.63) is 71.1 Å². The molecule has 0 radical (unpaired) electrons. The third kappa shape index (κ3) is 4.54. The Labute approximate surface area is 163 Å². The molecule has 1 aromatic heterocycles. The van der Waals surface area contributed by atoms with E-state index in [2.05, 4.69) is 20.6 Å². The Hall–Kier alpha value is -3.12. The van der Waals surface area contributed by atoms with Crippen LogP contribution in [0.1, 0.15) is 16.1 Å². The van der Waals surface area contributed by atoms with E-state index in [0.29, 0.717) is 16.5 Å². The Balaban J connectivity index is 1.67. The molecule has 138 valence electrons. The molecule has 0 fully saturated rings. The van der Waals surface area contributed by atoms with Crippen molar-refractivity contribution < 1.29 is 4.79 Å². The van der Waals surface area contributed by atoms with E-state index in [1.807, 2.05) is 68.4 Å². The number of nitrogens with one attached hydrogen (secondary N) is 2. The molecule has 0 aliphatic heterocycles. The summed E-state index contributed by atoms with van der Waals surface area (Å²) in [6.45, 7) is 1.92. The number of rotatable bonds is 5. The fourth-order valence-corrected chi connectivity index (χ4v) is 2.60. The second-order valence-corrected chi connectivity index (χ2v) is 6.63. The van der Waals surface area contributed by atoms with Crippen LogP contribution in [0.4, 0.5) is 22.9 Å². The monoisotopic (exact) mass is 381 g/mol. The van der Waals surface area contributed by atoms with E-state index in [4.69, 9.17) is 11.6 Å². The molecule has 7 heteroatoms. The highest BCUT2D eigenvalue weighted by Gasteiger charge is 2.10. The van der Waals surface area contributed by atoms with E-state index in [-0.39, 0.29) is 11.6 Å². The summed E-state index contributed by atoms with van der Waals surface area (Å²) < 4.78 is 0. The highest BCUT2D eigenvalue weighted by atomic mass is 35.5. The minimum absolute atomic E-state index is 0.236. The summed E-state index contributed by atoms with van der Waals surface area (Å²) in [5.41, 5.74) is 3.75. The third-order valence-electron chi connectivity index (χ3n) is 4.06. The minimum Gasteiger partial charge on any atom is -0.378 e. The van der Waals surface area contributed by atoms with Crippen LogP contribution in [0.2, 0.25) is 5.02 Å². The topological polar surface area (TPSA) is 70.2 Å². The second-order valence-electron chi connectivity index (χ2n) is 6.22. The lowest BCUT2D eigenvalue weighted by Crippen LogP contribution is -2.14. The number of nitrogens with zero attached hydrogens (tertiary/aromatic N) is 3. The normalized spacial score (nSPS) is 10.4. The van der Waals surface area contributed by atoms with Gasteiger partial charge in [0.25, 0.3) is 5.91 Å². The average Bonchev–Trinajstić information content (AvgIpc) is 2.66. The summed E-state index contributed by atoms with van der Waals surface area (Å²) in [5.74, 6) is 0.220. The van der Waals surface area contributed by atoms with Crippen LogP contribution in [0.25, 0.3) is 0 Å². The summed E-state index contributed by atoms with van der Waals surface area (Å²) >= 11 is 6.12. The molecule has 2 N–H and O–H groups in total. The maximum absolute atomic E-state index is 12.3. The first-order chi connectivity index (χ1) is 12.9. The number of benzene rings is 2. The van der Waals surface area contributed by atoms with E-state index < -0.39 is 0 Å². The zero-order valence-electron chi connectivity index (χ0n) is 15.3. The molecule has 6 nitrogen and oxygen atoms in total. The van der Waals surface area contributed by atoms with Gasteiger partial charge in [-0.2, -0.15) is 0 Å². The summed E-state index contributed by atoms with van der Waals surface area (Å²) in [4.78, 5) is 22.8. The Kier molecular flexibility index (Phi) is 5.57. The fourth-order valence-electron chi connectivity index (χ4n) is 2.43. The molecule has 0 saturated carbocycles. The van der Waals surface area contributed by atoms with Crippen molar-refractivity contribution >= 4 is 40.4 Å². The van der Waals surface area contributed by atoms with Crippen LogP contribution in [0.5, 0.6) is 0 Å². The summed E-state index contributed by atoms with van der Waals surface area (Å²) in [5, 5.41) is 6.63. The predicted octanol–water partition coefficient (Wildman–Crippen LogP) is 4.50. The lowest BCUT2D eigenvalue weighted by Gasteiger charge is -2.13. The van der Waals surface area contributed by atoms with Crippen LogP contribution >= 0.6 is 11.6 Å². The molecule has 3 aromatic rings. The quantitative estimate of drug-likeness (QED) is 0.680. The molecule has 0 aliphatic carbocycles. The third-order valence-corrected chi connectivity index (χ3v) is 4.47. The van der Waals surface area contributed by atoms with Gasteiger partial charge in [-0.25, -0.2) is 9.97 Å². The van der Waals surface area contributed by atoms with Crippen molar-refractivity contribution in [3.63, 3.8) is 0 Å². The average molecular weight is 382 g/mol. The molecule has 0 bridgehead atoms. The molecule has 27 heavy (non-hydrogen) atoms. The van der Waals surface area contributed by atoms with Crippen LogP contribution in [0, 0.1) is 6.92 Å². The zero-order chi connectivity index (χ0) is 19.4. The highest BCUT2D eigenvalue weighted by Crippen LogP contribution is 2.25. The van der Waals surface area contributed by atoms with Crippen molar-refractivity contribution in [1.82, 2.24) is 9.97 Å². The number of halogens is 1. The predicted molar refractivity (Wildman–Crippen MR) is 110 cm³/mol. The van der Waals surface area contributed by atoms with E-state index in [9.17, 15) is 4.79 Å². The van der Waals surface area contributed by atoms with Gasteiger partial charge in [0.2, 0.25) is 0 Å². The SMILES string of the molecule is Cc1c(Cl)cccc1Nc1cnc(C(=O)Nc2ccc(N(C)C)cc2)cn1. The maximum atomic E-state index is 12.3. The number of hydrogen-bond donors (Lipinski definition) is 2. The van der Waals surface area contributed by atoms with Gasteiger partial charge in [0, 0.05) is 36.2 Å². The standard InChI is InChI=1S/C20H20ClN5O/c1-13-16(21)5-4-6-17(13)25-19-12-22-18(11-23-19)20(27)24-14-7-9-15(10-8-14)26(2)3/h4-12H,1-3H3,(H,23,25)(H,24,27). The largest absolute Gasteiger partial charge is 0.378 e. The fraction of sp³-hybridized carbons (Fsp3) is 0.150. The van der Waals surface area contributed by atoms with Gasteiger partial charge < -0.3 is 15.5 Å². The van der Waals surface area contributed by atoms with E-state index in [0.717, 1.165) is 16.9 Å². The maximum Gasteiger partial charge on any atom is 0.275 e. The molecule has 1 amide bonds.